The Morgan fingerprint density at radius 3 is 2.15 bits per heavy atom. The van der Waals surface area contributed by atoms with Crippen LogP contribution in [0.4, 0.5) is 41.6 Å². The average molecular weight is 836 g/mol. The van der Waals surface area contributed by atoms with E-state index >= 15 is 4.39 Å². The minimum Gasteiger partial charge on any atom is -0.378 e. The predicted molar refractivity (Wildman–Crippen MR) is 230 cm³/mol. The van der Waals surface area contributed by atoms with Gasteiger partial charge in [0, 0.05) is 97.1 Å². The van der Waals surface area contributed by atoms with Crippen molar-refractivity contribution in [1.82, 2.24) is 9.80 Å². The Kier molecular flexibility index (Phi) is 10.9. The third-order valence-electron chi connectivity index (χ3n) is 13.5. The van der Waals surface area contributed by atoms with E-state index in [9.17, 15) is 23.2 Å². The molecule has 0 aliphatic carbocycles. The van der Waals surface area contributed by atoms with Crippen LogP contribution < -0.4 is 26.2 Å². The van der Waals surface area contributed by atoms with E-state index in [1.54, 1.807) is 18.2 Å². The first-order valence-electron chi connectivity index (χ1n) is 21.3. The Balaban J connectivity index is 0.801. The van der Waals surface area contributed by atoms with Crippen molar-refractivity contribution in [1.29, 1.82) is 0 Å². The van der Waals surface area contributed by atoms with Crippen LogP contribution in [-0.2, 0) is 32.0 Å². The van der Waals surface area contributed by atoms with Gasteiger partial charge in [-0.3, -0.25) is 19.3 Å². The van der Waals surface area contributed by atoms with Gasteiger partial charge in [0.2, 0.25) is 17.7 Å². The summed E-state index contributed by atoms with van der Waals surface area (Å²) in [5.41, 5.74) is 6.45. The summed E-state index contributed by atoms with van der Waals surface area (Å²) in [5, 5.41) is 12.2. The maximum atomic E-state index is 15.1. The molecule has 0 spiro atoms. The molecule has 5 aliphatic heterocycles. The van der Waals surface area contributed by atoms with Crippen molar-refractivity contribution in [3.05, 3.63) is 112 Å². The fourth-order valence-corrected chi connectivity index (χ4v) is 10.1. The molecule has 3 fully saturated rings. The summed E-state index contributed by atoms with van der Waals surface area (Å²) < 4.78 is 50.0. The van der Waals surface area contributed by atoms with Gasteiger partial charge in [0.25, 0.3) is 0 Å². The summed E-state index contributed by atoms with van der Waals surface area (Å²) >= 11 is 0. The molecular weight excluding hydrogens is 784 g/mol. The predicted octanol–water partition coefficient (Wildman–Crippen LogP) is 6.75. The van der Waals surface area contributed by atoms with Crippen molar-refractivity contribution < 1.29 is 32.3 Å². The highest BCUT2D eigenvalue weighted by Crippen LogP contribution is 2.38. The van der Waals surface area contributed by atoms with Gasteiger partial charge in [-0.25, -0.2) is 13.2 Å². The zero-order chi connectivity index (χ0) is 42.6. The number of nitrogens with one attached hydrogen (secondary N) is 4. The number of morpholine rings is 1. The monoisotopic (exact) mass is 835 g/mol. The van der Waals surface area contributed by atoms with Crippen molar-refractivity contribution in [3.63, 3.8) is 0 Å². The minimum absolute atomic E-state index is 0.00434. The number of hydrogen-bond acceptors (Lipinski definition) is 8. The molecule has 0 radical (unpaired) electrons. The van der Waals surface area contributed by atoms with Crippen molar-refractivity contribution in [3.8, 4) is 0 Å². The Morgan fingerprint density at radius 2 is 1.49 bits per heavy atom. The Morgan fingerprint density at radius 1 is 0.820 bits per heavy atom. The lowest BCUT2D eigenvalue weighted by Crippen LogP contribution is -2.61. The van der Waals surface area contributed by atoms with Gasteiger partial charge in [0.05, 0.1) is 19.3 Å². The molecule has 320 valence electrons. The molecule has 5 heterocycles. The zero-order valence-corrected chi connectivity index (χ0v) is 34.8. The summed E-state index contributed by atoms with van der Waals surface area (Å²) in [6.45, 7) is 10.2. The lowest BCUT2D eigenvalue weighted by atomic mass is 9.88. The number of benzene rings is 4. The van der Waals surface area contributed by atoms with Crippen molar-refractivity contribution >= 4 is 46.2 Å². The van der Waals surface area contributed by atoms with Gasteiger partial charge in [-0.15, -0.1) is 0 Å². The molecule has 14 heteroatoms. The maximum absolute atomic E-state index is 15.1. The number of carbonyl (C=O) groups is 3. The van der Waals surface area contributed by atoms with Gasteiger partial charge < -0.3 is 35.8 Å². The zero-order valence-electron chi connectivity index (χ0n) is 34.8. The van der Waals surface area contributed by atoms with E-state index in [4.69, 9.17) is 4.74 Å². The van der Waals surface area contributed by atoms with Crippen LogP contribution in [0.25, 0.3) is 0 Å². The van der Waals surface area contributed by atoms with Crippen LogP contribution in [0, 0.1) is 31.3 Å². The minimum atomic E-state index is -0.674. The molecule has 3 amide bonds. The third-order valence-corrected chi connectivity index (χ3v) is 13.5. The summed E-state index contributed by atoms with van der Waals surface area (Å²) in [6, 6.07) is 17.2. The molecule has 0 bridgehead atoms. The standard InChI is InChI=1S/C47H52F3N7O4/c1-27-7-9-38(49)36-22-40(53-43(27)36)45(59)51-32-6-4-5-29(17-32)30-11-13-55(42(58)18-30)24-35-25-61-16-15-57(35)47(3)12-14-56(26-47)34-20-31(48)19-33(21-34)52-46(60)41-23-37-39(50)10-8-28(2)44(37)54-41/h4-10,17,19-21,30,35,40-41,53-54H,11-16,18,22-26H2,1-3H3,(H,51,59)(H,52,60). The molecule has 0 saturated carbocycles. The summed E-state index contributed by atoms with van der Waals surface area (Å²) in [5.74, 6) is -1.64. The summed E-state index contributed by atoms with van der Waals surface area (Å²) in [7, 11) is 0. The Labute approximate surface area is 354 Å². The first-order valence-corrected chi connectivity index (χ1v) is 21.3. The number of fused-ring (bicyclic) bond motifs is 2. The molecule has 5 aliphatic rings. The van der Waals surface area contributed by atoms with Gasteiger partial charge in [0.1, 0.15) is 29.5 Å². The summed E-state index contributed by atoms with van der Waals surface area (Å²) in [4.78, 5) is 46.9. The molecule has 4 N–H and O–H groups in total. The fraction of sp³-hybridized carbons (Fsp3) is 0.426. The van der Waals surface area contributed by atoms with Crippen LogP contribution in [0.5, 0.6) is 0 Å². The average Bonchev–Trinajstić information content (AvgIpc) is 4.01. The van der Waals surface area contributed by atoms with E-state index < -0.39 is 17.9 Å². The molecular formula is C47H52F3N7O4. The third kappa shape index (κ3) is 8.15. The first-order chi connectivity index (χ1) is 29.3. The van der Waals surface area contributed by atoms with Gasteiger partial charge >= 0.3 is 0 Å². The van der Waals surface area contributed by atoms with Crippen molar-refractivity contribution in [2.75, 3.05) is 72.1 Å². The highest BCUT2D eigenvalue weighted by molar-refractivity contribution is 5.99. The Hall–Kier alpha value is -5.60. The van der Waals surface area contributed by atoms with Crippen LogP contribution in [-0.4, -0.2) is 97.1 Å². The number of ether oxygens (including phenoxy) is 1. The molecule has 4 aromatic rings. The van der Waals surface area contributed by atoms with E-state index in [1.165, 1.54) is 24.3 Å². The lowest BCUT2D eigenvalue weighted by molar-refractivity contribution is -0.137. The van der Waals surface area contributed by atoms with Crippen LogP contribution >= 0.6 is 0 Å². The van der Waals surface area contributed by atoms with E-state index in [2.05, 4.69) is 38.0 Å². The number of nitrogens with zero attached hydrogens (tertiary/aromatic N) is 3. The first kappa shape index (κ1) is 40.8. The van der Waals surface area contributed by atoms with Crippen LogP contribution in [0.1, 0.15) is 59.9 Å². The number of amides is 3. The number of aryl methyl sites for hydroxylation is 2. The molecule has 9 rings (SSSR count). The van der Waals surface area contributed by atoms with Gasteiger partial charge in [-0.1, -0.05) is 24.3 Å². The molecule has 0 aromatic heterocycles. The number of likely N-dealkylation sites (tertiary alicyclic amines) is 1. The van der Waals surface area contributed by atoms with E-state index in [0.29, 0.717) is 91.9 Å². The number of carbonyl (C=O) groups excluding carboxylic acids is 3. The number of rotatable bonds is 9. The van der Waals surface area contributed by atoms with E-state index in [-0.39, 0.29) is 59.7 Å². The van der Waals surface area contributed by atoms with Crippen LogP contribution in [0.2, 0.25) is 0 Å². The van der Waals surface area contributed by atoms with E-state index in [0.717, 1.165) is 29.5 Å². The largest absolute Gasteiger partial charge is 0.378 e. The summed E-state index contributed by atoms with van der Waals surface area (Å²) in [6.07, 6.45) is 2.43. The number of hydrogen-bond donors (Lipinski definition) is 4. The smallest absolute Gasteiger partial charge is 0.247 e. The lowest BCUT2D eigenvalue weighted by Gasteiger charge is -2.48. The van der Waals surface area contributed by atoms with Crippen LogP contribution in [0.15, 0.2) is 66.7 Å². The normalized spacial score (nSPS) is 24.9. The second-order valence-corrected chi connectivity index (χ2v) is 17.7. The van der Waals surface area contributed by atoms with Gasteiger partial charge in [-0.2, -0.15) is 0 Å². The van der Waals surface area contributed by atoms with Gasteiger partial charge in [0.15, 0.2) is 0 Å². The molecule has 61 heavy (non-hydrogen) atoms. The number of anilines is 5. The number of halogens is 3. The SMILES string of the molecule is Cc1ccc(F)c2c1NC(C(=O)Nc1cccc(C3CCN(CC4COCCN4C4(C)CCN(c5cc(F)cc(NC(=O)C6Cc7c(F)ccc(C)c7N6)c5)C4)C(=O)C3)c1)C2. The fourth-order valence-electron chi connectivity index (χ4n) is 10.1. The quantitative estimate of drug-likeness (QED) is 0.147. The molecule has 3 saturated heterocycles. The van der Waals surface area contributed by atoms with Crippen LogP contribution in [0.3, 0.4) is 0 Å². The second-order valence-electron chi connectivity index (χ2n) is 17.7. The molecule has 5 atom stereocenters. The topological polar surface area (TPSA) is 118 Å². The maximum Gasteiger partial charge on any atom is 0.247 e. The molecule has 5 unspecified atom stereocenters. The highest BCUT2D eigenvalue weighted by Gasteiger charge is 2.44. The molecule has 4 aromatic carbocycles. The second kappa shape index (κ2) is 16.4. The number of piperidine rings is 1. The molecule has 11 nitrogen and oxygen atoms in total. The van der Waals surface area contributed by atoms with Gasteiger partial charge in [-0.05, 0) is 98.7 Å². The van der Waals surface area contributed by atoms with Crippen molar-refractivity contribution in [2.24, 2.45) is 0 Å². The highest BCUT2D eigenvalue weighted by atomic mass is 19.1. The van der Waals surface area contributed by atoms with Crippen molar-refractivity contribution in [2.45, 2.75) is 82.5 Å². The van der Waals surface area contributed by atoms with E-state index in [1.807, 2.05) is 43.0 Å². The Bertz CT molecular complexity index is 2330.